The molecule has 6 nitrogen and oxygen atoms in total. The van der Waals surface area contributed by atoms with Crippen LogP contribution in [-0.4, -0.2) is 23.1 Å². The number of nitro benzene ring substituents is 1. The van der Waals surface area contributed by atoms with Crippen LogP contribution in [-0.2, 0) is 11.3 Å². The lowest BCUT2D eigenvalue weighted by Gasteiger charge is -2.05. The molecule has 0 amide bonds. The highest BCUT2D eigenvalue weighted by Gasteiger charge is 2.19. The number of carbonyl (C=O) groups is 1. The van der Waals surface area contributed by atoms with Gasteiger partial charge in [0.2, 0.25) is 0 Å². The van der Waals surface area contributed by atoms with Gasteiger partial charge in [0, 0.05) is 13.2 Å². The number of nitrogens with zero attached hydrogens (tertiary/aromatic N) is 1. The zero-order chi connectivity index (χ0) is 12.3. The molecule has 0 aromatic heterocycles. The lowest BCUT2D eigenvalue weighted by Crippen LogP contribution is -2.05. The Bertz CT molecular complexity index is 446. The fraction of sp³-hybridized carbons (Fsp3) is 0.222. The minimum Gasteiger partial charge on any atom is -0.478 e. The standard InChI is InChI=1S/C9H8ClNO5/c1-16-4-5-2-8(11(14)15)7(10)3-6(5)9(12)13/h2-3H,4H2,1H3,(H,12,13). The summed E-state index contributed by atoms with van der Waals surface area (Å²) in [5.74, 6) is -1.20. The van der Waals surface area contributed by atoms with Crippen molar-refractivity contribution in [3.8, 4) is 0 Å². The van der Waals surface area contributed by atoms with Crippen LogP contribution in [0.1, 0.15) is 15.9 Å². The van der Waals surface area contributed by atoms with Crippen molar-refractivity contribution in [2.75, 3.05) is 7.11 Å². The Morgan fingerprint density at radius 3 is 2.69 bits per heavy atom. The minimum atomic E-state index is -1.20. The molecule has 0 aliphatic rings. The first-order valence-electron chi connectivity index (χ1n) is 4.16. The van der Waals surface area contributed by atoms with E-state index in [0.717, 1.165) is 12.1 Å². The largest absolute Gasteiger partial charge is 0.478 e. The predicted octanol–water partition coefficient (Wildman–Crippen LogP) is 2.09. The van der Waals surface area contributed by atoms with Crippen LogP contribution in [0.3, 0.4) is 0 Å². The number of ether oxygens (including phenoxy) is 1. The van der Waals surface area contributed by atoms with Gasteiger partial charge < -0.3 is 9.84 Å². The summed E-state index contributed by atoms with van der Waals surface area (Å²) in [6.07, 6.45) is 0. The lowest BCUT2D eigenvalue weighted by molar-refractivity contribution is -0.384. The molecule has 0 unspecified atom stereocenters. The highest BCUT2D eigenvalue weighted by Crippen LogP contribution is 2.28. The summed E-state index contributed by atoms with van der Waals surface area (Å²) in [4.78, 5) is 20.8. The maximum absolute atomic E-state index is 10.8. The second kappa shape index (κ2) is 4.91. The maximum Gasteiger partial charge on any atom is 0.336 e. The smallest absolute Gasteiger partial charge is 0.336 e. The summed E-state index contributed by atoms with van der Waals surface area (Å²) in [5, 5.41) is 19.2. The quantitative estimate of drug-likeness (QED) is 0.648. The molecule has 0 heterocycles. The summed E-state index contributed by atoms with van der Waals surface area (Å²) in [7, 11) is 1.37. The summed E-state index contributed by atoms with van der Waals surface area (Å²) < 4.78 is 4.76. The summed E-state index contributed by atoms with van der Waals surface area (Å²) >= 11 is 5.59. The number of carboxylic acids is 1. The number of methoxy groups -OCH3 is 1. The van der Waals surface area contributed by atoms with Gasteiger partial charge in [-0.3, -0.25) is 10.1 Å². The Labute approximate surface area is 95.6 Å². The van der Waals surface area contributed by atoms with Crippen LogP contribution in [0.5, 0.6) is 0 Å². The van der Waals surface area contributed by atoms with Gasteiger partial charge in [0.05, 0.1) is 17.1 Å². The Morgan fingerprint density at radius 2 is 2.25 bits per heavy atom. The van der Waals surface area contributed by atoms with E-state index >= 15 is 0 Å². The molecule has 0 aliphatic carbocycles. The van der Waals surface area contributed by atoms with Gasteiger partial charge in [-0.1, -0.05) is 11.6 Å². The molecule has 7 heteroatoms. The second-order valence-corrected chi connectivity index (χ2v) is 3.36. The van der Waals surface area contributed by atoms with Crippen LogP contribution < -0.4 is 0 Å². The number of aromatic carboxylic acids is 1. The fourth-order valence-electron chi connectivity index (χ4n) is 1.22. The van der Waals surface area contributed by atoms with Crippen molar-refractivity contribution in [1.29, 1.82) is 0 Å². The van der Waals surface area contributed by atoms with Crippen molar-refractivity contribution >= 4 is 23.3 Å². The third-order valence-corrected chi connectivity index (χ3v) is 2.20. The van der Waals surface area contributed by atoms with Crippen molar-refractivity contribution in [2.24, 2.45) is 0 Å². The highest BCUT2D eigenvalue weighted by atomic mass is 35.5. The lowest BCUT2D eigenvalue weighted by atomic mass is 10.1. The van der Waals surface area contributed by atoms with Gasteiger partial charge in [-0.2, -0.15) is 0 Å². The topological polar surface area (TPSA) is 89.7 Å². The first kappa shape index (κ1) is 12.4. The van der Waals surface area contributed by atoms with E-state index in [2.05, 4.69) is 0 Å². The first-order valence-corrected chi connectivity index (χ1v) is 4.54. The number of carboxylic acid groups (broad SMARTS) is 1. The molecule has 0 saturated carbocycles. The SMILES string of the molecule is COCc1cc([N+](=O)[O-])c(Cl)cc1C(=O)O. The number of benzene rings is 1. The van der Waals surface area contributed by atoms with Crippen LogP contribution in [0.25, 0.3) is 0 Å². The molecule has 0 bridgehead atoms. The van der Waals surface area contributed by atoms with Crippen molar-refractivity contribution in [2.45, 2.75) is 6.61 Å². The van der Waals surface area contributed by atoms with Gasteiger partial charge in [0.25, 0.3) is 5.69 Å². The summed E-state index contributed by atoms with van der Waals surface area (Å²) in [6.45, 7) is -0.0281. The Morgan fingerprint density at radius 1 is 1.62 bits per heavy atom. The van der Waals surface area contributed by atoms with Gasteiger partial charge >= 0.3 is 5.97 Å². The van der Waals surface area contributed by atoms with Gasteiger partial charge in [-0.25, -0.2) is 4.79 Å². The minimum absolute atomic E-state index is 0.0281. The average Bonchev–Trinajstić information content (AvgIpc) is 2.19. The van der Waals surface area contributed by atoms with E-state index in [1.807, 2.05) is 0 Å². The molecule has 1 aromatic carbocycles. The van der Waals surface area contributed by atoms with E-state index in [4.69, 9.17) is 21.4 Å². The summed E-state index contributed by atoms with van der Waals surface area (Å²) in [6, 6.07) is 2.16. The van der Waals surface area contributed by atoms with E-state index in [9.17, 15) is 14.9 Å². The zero-order valence-corrected chi connectivity index (χ0v) is 9.02. The molecule has 0 radical (unpaired) electrons. The highest BCUT2D eigenvalue weighted by molar-refractivity contribution is 6.33. The van der Waals surface area contributed by atoms with Crippen LogP contribution in [0.4, 0.5) is 5.69 Å². The van der Waals surface area contributed by atoms with E-state index in [1.165, 1.54) is 7.11 Å². The van der Waals surface area contributed by atoms with Gasteiger partial charge in [-0.05, 0) is 11.6 Å². The number of rotatable bonds is 4. The molecule has 86 valence electrons. The van der Waals surface area contributed by atoms with E-state index in [0.29, 0.717) is 0 Å². The van der Waals surface area contributed by atoms with E-state index < -0.39 is 10.9 Å². The third kappa shape index (κ3) is 2.47. The molecule has 1 rings (SSSR count). The zero-order valence-electron chi connectivity index (χ0n) is 8.27. The van der Waals surface area contributed by atoms with Crippen LogP contribution in [0.2, 0.25) is 5.02 Å². The van der Waals surface area contributed by atoms with E-state index in [-0.39, 0.29) is 28.4 Å². The molecule has 1 N–H and O–H groups in total. The molecule has 0 fully saturated rings. The van der Waals surface area contributed by atoms with Crippen LogP contribution in [0, 0.1) is 10.1 Å². The molecular formula is C9H8ClNO5. The Kier molecular flexibility index (Phi) is 3.81. The molecule has 0 saturated heterocycles. The first-order chi connectivity index (χ1) is 7.47. The Balaban J connectivity index is 3.36. The van der Waals surface area contributed by atoms with Crippen molar-refractivity contribution < 1.29 is 19.6 Å². The normalized spacial score (nSPS) is 10.1. The second-order valence-electron chi connectivity index (χ2n) is 2.96. The molecule has 0 aliphatic heterocycles. The average molecular weight is 246 g/mol. The number of halogens is 1. The van der Waals surface area contributed by atoms with Crippen LogP contribution >= 0.6 is 11.6 Å². The van der Waals surface area contributed by atoms with Gasteiger partial charge in [0.15, 0.2) is 0 Å². The van der Waals surface area contributed by atoms with Gasteiger partial charge in [-0.15, -0.1) is 0 Å². The maximum atomic E-state index is 10.8. The van der Waals surface area contributed by atoms with Crippen molar-refractivity contribution in [1.82, 2.24) is 0 Å². The van der Waals surface area contributed by atoms with E-state index in [1.54, 1.807) is 0 Å². The monoisotopic (exact) mass is 245 g/mol. The summed E-state index contributed by atoms with van der Waals surface area (Å²) in [5.41, 5.74) is -0.220. The predicted molar refractivity (Wildman–Crippen MR) is 55.8 cm³/mol. The number of hydrogen-bond donors (Lipinski definition) is 1. The van der Waals surface area contributed by atoms with Crippen molar-refractivity contribution in [3.05, 3.63) is 38.4 Å². The molecule has 0 atom stereocenters. The number of hydrogen-bond acceptors (Lipinski definition) is 4. The van der Waals surface area contributed by atoms with Crippen molar-refractivity contribution in [3.63, 3.8) is 0 Å². The Hall–Kier alpha value is -1.66. The molecule has 16 heavy (non-hydrogen) atoms. The van der Waals surface area contributed by atoms with Crippen LogP contribution in [0.15, 0.2) is 12.1 Å². The van der Waals surface area contributed by atoms with Gasteiger partial charge in [0.1, 0.15) is 5.02 Å². The molecular weight excluding hydrogens is 238 g/mol. The third-order valence-electron chi connectivity index (χ3n) is 1.90. The molecule has 1 aromatic rings. The molecule has 0 spiro atoms. The fourth-order valence-corrected chi connectivity index (χ4v) is 1.45. The number of nitro groups is 1.